The number of methoxy groups -OCH3 is 2. The molecule has 0 radical (unpaired) electrons. The first-order valence-corrected chi connectivity index (χ1v) is 36.4. The quantitative estimate of drug-likeness (QED) is 0.00590. The molecule has 2 aromatic heterocycles. The molecule has 28 nitrogen and oxygen atoms in total. The van der Waals surface area contributed by atoms with E-state index in [2.05, 4.69) is 51.6 Å². The number of hydrazine groups is 1. The maximum atomic E-state index is 16.9. The first-order chi connectivity index (χ1) is 51.8. The number of carboxylic acid groups (broad SMARTS) is 1. The SMILES string of the molecule is COC(=O)N[C@H](C(=O)C[C@@H](Cc1ccc(C#Cc2cnc(N3CC4CCC(C3)N4C3COC3)nc2)cc1)[C@H](CN(Cc1c(F)cc(-c2ccn(C(F)F)n2)cc1F)NC(=O)[C@@H](NC(=O)OC)C(C)(C)C(F)(F)F)OC(=O)CC(C)(C)c1c(CC(=O)N2CC[C@@H](O)[C@H]2C(=O)O)cc(C)cc1OP(=O)(O)O)C(C)(C)C(F)(F)F. The fraction of sp³-hybridized carbons (Fsp3) is 0.528. The second-order valence-corrected chi connectivity index (χ2v) is 30.6. The predicted molar refractivity (Wildman–Crippen MR) is 371 cm³/mol. The van der Waals surface area contributed by atoms with Gasteiger partial charge in [0.15, 0.2) is 11.8 Å². The van der Waals surface area contributed by atoms with E-state index in [1.165, 1.54) is 63.5 Å². The fourth-order valence-corrected chi connectivity index (χ4v) is 14.6. The van der Waals surface area contributed by atoms with Crippen molar-refractivity contribution in [3.8, 4) is 28.8 Å². The highest BCUT2D eigenvalue weighted by molar-refractivity contribution is 7.46. The average Bonchev–Trinajstić information content (AvgIpc) is 1.63. The van der Waals surface area contributed by atoms with E-state index in [1.807, 2.05) is 5.32 Å². The zero-order valence-corrected chi connectivity index (χ0v) is 62.4. The van der Waals surface area contributed by atoms with Gasteiger partial charge in [-0.1, -0.05) is 43.9 Å². The van der Waals surface area contributed by atoms with Gasteiger partial charge in [-0.25, -0.2) is 47.4 Å². The number of aromatic nitrogens is 4. The number of ether oxygens (including phenoxy) is 4. The summed E-state index contributed by atoms with van der Waals surface area (Å²) in [5.74, 6) is -6.53. The van der Waals surface area contributed by atoms with E-state index >= 15 is 44.7 Å². The number of nitrogens with one attached hydrogen (secondary N) is 3. The number of phosphoric ester groups is 1. The van der Waals surface area contributed by atoms with Crippen LogP contribution >= 0.6 is 7.82 Å². The number of aryl methyl sites for hydroxylation is 1. The standard InChI is InChI=1S/C72H84F10N11O17P/c1-38-22-44(28-56(96)91-20-19-52(94)59(91)63(99)100)58(54(23-38)110-111(103,104)105)68(2,3)29-57(97)109-55(35-90(88-62(98)61(86-67(102)107-9)70(6,7)72(80,81)82)34-48-49(73)25-42(26-50(48)74)51-18-21-92(87-51)64(75)76)43(27-53(95)60(85-66(101)106-8)69(4,5)71(77,78)79)24-40-13-10-39(11-14-40)12-15-41-30-83-65(84-31-41)89-32-45-16-17-46(33-89)93(45)47-36-108-37-47/h10-11,13-14,18,21-23,25-26,30-31,43,45-47,52,55,59-61,64,94H,16-17,19-20,24,27-29,32-37H2,1-9H3,(H,85,101)(H,86,102)(H,88,98)(H,99,100)(H2,103,104,105)/t43-,45?,46?,52-,55+,59+,60-,61-/m1/s1. The summed E-state index contributed by atoms with van der Waals surface area (Å²) in [7, 11) is -4.13. The van der Waals surface area contributed by atoms with Crippen LogP contribution in [0.25, 0.3) is 11.3 Å². The lowest BCUT2D eigenvalue weighted by Crippen LogP contribution is -2.62. The summed E-state index contributed by atoms with van der Waals surface area (Å²) in [6.45, 7) is 2.55. The smallest absolute Gasteiger partial charge is 0.480 e. The van der Waals surface area contributed by atoms with Crippen molar-refractivity contribution in [3.63, 3.8) is 0 Å². The van der Waals surface area contributed by atoms with Crippen LogP contribution in [0.4, 0.5) is 59.4 Å². The maximum Gasteiger partial charge on any atom is 0.524 e. The zero-order valence-electron chi connectivity index (χ0n) is 61.5. The average molecular weight is 1600 g/mol. The number of fused-ring (bicyclic) bond motifs is 2. The molecule has 6 heterocycles. The Bertz CT molecular complexity index is 4340. The molecule has 7 N–H and O–H groups in total. The minimum atomic E-state index is -5.62. The largest absolute Gasteiger partial charge is 0.524 e. The van der Waals surface area contributed by atoms with E-state index in [9.17, 15) is 57.3 Å². The normalized spacial score (nSPS) is 19.0. The van der Waals surface area contributed by atoms with Crippen LogP contribution in [0.3, 0.4) is 0 Å². The number of ketones is 1. The molecule has 4 fully saturated rings. The van der Waals surface area contributed by atoms with E-state index in [0.717, 1.165) is 50.3 Å². The Labute approximate surface area is 630 Å². The molecule has 2 bridgehead atoms. The number of halogens is 10. The van der Waals surface area contributed by atoms with Crippen molar-refractivity contribution in [2.24, 2.45) is 16.7 Å². The van der Waals surface area contributed by atoms with Crippen LogP contribution in [0, 0.1) is 47.1 Å². The van der Waals surface area contributed by atoms with E-state index in [-0.39, 0.29) is 39.9 Å². The van der Waals surface area contributed by atoms with Crippen LogP contribution in [0.5, 0.6) is 5.75 Å². The van der Waals surface area contributed by atoms with Crippen LogP contribution in [-0.2, 0) is 72.3 Å². The minimum Gasteiger partial charge on any atom is -0.480 e. The molecule has 0 saturated carbocycles. The number of anilines is 1. The zero-order chi connectivity index (χ0) is 81.8. The summed E-state index contributed by atoms with van der Waals surface area (Å²) in [5, 5.41) is 28.4. The summed E-state index contributed by atoms with van der Waals surface area (Å²) >= 11 is 0. The van der Waals surface area contributed by atoms with Crippen molar-refractivity contribution in [2.75, 3.05) is 58.5 Å². The van der Waals surface area contributed by atoms with Gasteiger partial charge in [-0.05, 0) is 113 Å². The number of carbonyl (C=O) groups is 7. The number of likely N-dealkylation sites (tertiary alicyclic amines) is 1. The van der Waals surface area contributed by atoms with Crippen molar-refractivity contribution in [3.05, 3.63) is 124 Å². The van der Waals surface area contributed by atoms with Crippen LogP contribution in [0.2, 0.25) is 0 Å². The minimum absolute atomic E-state index is 0.134. The van der Waals surface area contributed by atoms with Crippen LogP contribution in [0.1, 0.15) is 119 Å². The molecule has 604 valence electrons. The highest BCUT2D eigenvalue weighted by Gasteiger charge is 2.58. The van der Waals surface area contributed by atoms with Crippen LogP contribution in [-0.4, -0.2) is 211 Å². The molecular weight excluding hydrogens is 1510 g/mol. The summed E-state index contributed by atoms with van der Waals surface area (Å²) in [5.41, 5.74) is -7.84. The van der Waals surface area contributed by atoms with Gasteiger partial charge < -0.3 is 54.1 Å². The Hall–Kier alpha value is -9.51. The highest BCUT2D eigenvalue weighted by atomic mass is 31.2. The fourth-order valence-electron chi connectivity index (χ4n) is 14.2. The summed E-state index contributed by atoms with van der Waals surface area (Å²) in [6.07, 6.45) is -15.8. The molecule has 0 aliphatic carbocycles. The number of aliphatic carboxylic acids is 1. The molecule has 2 unspecified atom stereocenters. The molecular formula is C72H84F10N11O17P. The second kappa shape index (κ2) is 34.2. The van der Waals surface area contributed by atoms with Gasteiger partial charge in [0.1, 0.15) is 35.6 Å². The van der Waals surface area contributed by atoms with Crippen molar-refractivity contribution < 1.29 is 126 Å². The third-order valence-electron chi connectivity index (χ3n) is 20.3. The summed E-state index contributed by atoms with van der Waals surface area (Å²) in [4.78, 5) is 133. The number of amides is 4. The number of carbonyl (C=O) groups excluding carboxylic acids is 6. The number of carboxylic acids is 1. The molecule has 111 heavy (non-hydrogen) atoms. The van der Waals surface area contributed by atoms with Crippen molar-refractivity contribution in [2.45, 2.75) is 173 Å². The molecule has 4 saturated heterocycles. The topological polar surface area (TPSA) is 356 Å². The maximum absolute atomic E-state index is 16.9. The number of aliphatic hydroxyl groups is 1. The first-order valence-electron chi connectivity index (χ1n) is 34.8. The van der Waals surface area contributed by atoms with Crippen LogP contribution in [0.15, 0.2) is 73.2 Å². The van der Waals surface area contributed by atoms with Gasteiger partial charge in [0.25, 0.3) is 5.91 Å². The number of hydrogen-bond acceptors (Lipinski definition) is 20. The molecule has 39 heteroatoms. The lowest BCUT2D eigenvalue weighted by Gasteiger charge is -2.47. The van der Waals surface area contributed by atoms with Gasteiger partial charge in [0.05, 0.1) is 81.1 Å². The van der Waals surface area contributed by atoms with Crippen LogP contribution < -0.4 is 25.5 Å². The van der Waals surface area contributed by atoms with E-state index in [4.69, 9.17) is 14.0 Å². The third-order valence-corrected chi connectivity index (χ3v) is 20.7. The van der Waals surface area contributed by atoms with E-state index in [0.29, 0.717) is 106 Å². The number of hydrogen-bond donors (Lipinski definition) is 7. The predicted octanol–water partition coefficient (Wildman–Crippen LogP) is 8.39. The summed E-state index contributed by atoms with van der Waals surface area (Å²) in [6, 6.07) is 4.17. The molecule has 8 atom stereocenters. The number of benzene rings is 3. The lowest BCUT2D eigenvalue weighted by molar-refractivity contribution is -0.221. The lowest BCUT2D eigenvalue weighted by atomic mass is 9.77. The van der Waals surface area contributed by atoms with Gasteiger partial charge in [-0.3, -0.25) is 39.3 Å². The molecule has 4 amide bonds. The molecule has 0 spiro atoms. The highest BCUT2D eigenvalue weighted by Crippen LogP contribution is 2.48. The number of alkyl carbamates (subject to hydrolysis) is 2. The summed E-state index contributed by atoms with van der Waals surface area (Å²) < 4.78 is 192. The molecule has 9 rings (SSSR count). The molecule has 3 aromatic carbocycles. The molecule has 4 aliphatic heterocycles. The van der Waals surface area contributed by atoms with Crippen molar-refractivity contribution >= 4 is 55.5 Å². The van der Waals surface area contributed by atoms with E-state index in [1.54, 1.807) is 5.32 Å². The monoisotopic (exact) mass is 1600 g/mol. The Kier molecular flexibility index (Phi) is 26.4. The first kappa shape index (κ1) is 85.5. The molecule has 4 aliphatic rings. The number of esters is 1. The molecule has 5 aromatic rings. The van der Waals surface area contributed by atoms with Gasteiger partial charge in [0.2, 0.25) is 11.9 Å². The number of phosphoric acid groups is 1. The van der Waals surface area contributed by atoms with Gasteiger partial charge in [-0.2, -0.15) is 40.2 Å². The Balaban J connectivity index is 1.17. The number of aliphatic hydroxyl groups excluding tert-OH is 1. The second-order valence-electron chi connectivity index (χ2n) is 29.5. The van der Waals surface area contributed by atoms with E-state index < -0.39 is 194 Å². The number of piperazine rings is 1. The van der Waals surface area contributed by atoms with Gasteiger partial charge >= 0.3 is 50.8 Å². The number of alkyl halides is 8. The number of Topliss-reactive ketones (excluding diaryl/α,β-unsaturated/α-hetero) is 1. The number of rotatable bonds is 29. The third kappa shape index (κ3) is 20.4. The Morgan fingerprint density at radius 2 is 1.36 bits per heavy atom. The van der Waals surface area contributed by atoms with Crippen molar-refractivity contribution in [1.29, 1.82) is 0 Å². The Morgan fingerprint density at radius 3 is 1.89 bits per heavy atom. The number of nitrogens with zero attached hydrogens (tertiary/aromatic N) is 8. The van der Waals surface area contributed by atoms with Gasteiger partial charge in [-0.15, -0.1) is 0 Å². The van der Waals surface area contributed by atoms with Crippen molar-refractivity contribution in [1.82, 2.24) is 50.6 Å². The Morgan fingerprint density at radius 1 is 0.784 bits per heavy atom. The van der Waals surface area contributed by atoms with Gasteiger partial charge in [0, 0.05) is 96.9 Å².